The maximum atomic E-state index is 12.0. The molecule has 5 nitrogen and oxygen atoms in total. The van der Waals surface area contributed by atoms with Crippen LogP contribution in [0.25, 0.3) is 0 Å². The first kappa shape index (κ1) is 16.2. The summed E-state index contributed by atoms with van der Waals surface area (Å²) in [5.41, 5.74) is 5.62. The fourth-order valence-corrected chi connectivity index (χ4v) is 4.05. The van der Waals surface area contributed by atoms with Crippen LogP contribution in [0.5, 0.6) is 0 Å². The lowest BCUT2D eigenvalue weighted by molar-refractivity contribution is 0.269. The molecule has 0 radical (unpaired) electrons. The fourth-order valence-electron chi connectivity index (χ4n) is 2.05. The highest BCUT2D eigenvalue weighted by Gasteiger charge is 2.27. The van der Waals surface area contributed by atoms with E-state index in [2.05, 4.69) is 11.6 Å². The minimum Gasteiger partial charge on any atom is -0.330 e. The van der Waals surface area contributed by atoms with Crippen molar-refractivity contribution in [2.45, 2.75) is 26.2 Å². The Morgan fingerprint density at radius 1 is 1.50 bits per heavy atom. The number of hydrogen-bond donors (Lipinski definition) is 2. The summed E-state index contributed by atoms with van der Waals surface area (Å²) in [7, 11) is -3.30. The van der Waals surface area contributed by atoms with E-state index in [-0.39, 0.29) is 0 Å². The van der Waals surface area contributed by atoms with Gasteiger partial charge in [-0.25, -0.2) is 4.72 Å². The fraction of sp³-hybridized carbons (Fsp3) is 1.00. The molecule has 1 aliphatic heterocycles. The standard InChI is InChI=1S/C11H25N3O2S2/c1-2-17-8-4-6-13-18(15,16)14-7-3-5-11(9-12)10-14/h11,13H,2-10,12H2,1H3. The molecule has 0 bridgehead atoms. The summed E-state index contributed by atoms with van der Waals surface area (Å²) in [6, 6.07) is 0. The molecule has 0 amide bonds. The van der Waals surface area contributed by atoms with E-state index in [0.29, 0.717) is 32.1 Å². The highest BCUT2D eigenvalue weighted by Crippen LogP contribution is 2.17. The minimum atomic E-state index is -3.30. The van der Waals surface area contributed by atoms with Crippen LogP contribution in [0.3, 0.4) is 0 Å². The number of piperidine rings is 1. The molecule has 1 fully saturated rings. The highest BCUT2D eigenvalue weighted by atomic mass is 32.2. The Balaban J connectivity index is 2.33. The van der Waals surface area contributed by atoms with Crippen LogP contribution in [0.2, 0.25) is 0 Å². The van der Waals surface area contributed by atoms with Gasteiger partial charge in [-0.05, 0) is 43.2 Å². The van der Waals surface area contributed by atoms with Crippen LogP contribution in [0, 0.1) is 5.92 Å². The van der Waals surface area contributed by atoms with Crippen molar-refractivity contribution < 1.29 is 8.42 Å². The largest absolute Gasteiger partial charge is 0.330 e. The van der Waals surface area contributed by atoms with Crippen molar-refractivity contribution in [3.63, 3.8) is 0 Å². The third kappa shape index (κ3) is 5.44. The summed E-state index contributed by atoms with van der Waals surface area (Å²) in [5.74, 6) is 2.40. The minimum absolute atomic E-state index is 0.311. The average molecular weight is 295 g/mol. The van der Waals surface area contributed by atoms with E-state index < -0.39 is 10.2 Å². The molecule has 0 aromatic carbocycles. The van der Waals surface area contributed by atoms with Crippen LogP contribution in [-0.4, -0.2) is 50.4 Å². The average Bonchev–Trinajstić information content (AvgIpc) is 2.38. The molecular formula is C11H25N3O2S2. The van der Waals surface area contributed by atoms with Crippen molar-refractivity contribution in [2.24, 2.45) is 11.7 Å². The molecule has 108 valence electrons. The Morgan fingerprint density at radius 2 is 2.28 bits per heavy atom. The van der Waals surface area contributed by atoms with E-state index in [1.54, 1.807) is 4.31 Å². The molecule has 1 rings (SSSR count). The molecular weight excluding hydrogens is 270 g/mol. The van der Waals surface area contributed by atoms with Gasteiger partial charge < -0.3 is 5.73 Å². The van der Waals surface area contributed by atoms with Crippen LogP contribution in [0.1, 0.15) is 26.2 Å². The summed E-state index contributed by atoms with van der Waals surface area (Å²) in [6.07, 6.45) is 2.83. The number of rotatable bonds is 8. The molecule has 0 aliphatic carbocycles. The number of thioether (sulfide) groups is 1. The topological polar surface area (TPSA) is 75.4 Å². The second-order valence-electron chi connectivity index (χ2n) is 4.55. The first-order valence-corrected chi connectivity index (χ1v) is 9.22. The van der Waals surface area contributed by atoms with Gasteiger partial charge >= 0.3 is 0 Å². The van der Waals surface area contributed by atoms with E-state index >= 15 is 0 Å². The second kappa shape index (κ2) is 8.37. The quantitative estimate of drug-likeness (QED) is 0.644. The van der Waals surface area contributed by atoms with Gasteiger partial charge in [-0.1, -0.05) is 6.92 Å². The Morgan fingerprint density at radius 3 is 2.94 bits per heavy atom. The van der Waals surface area contributed by atoms with Gasteiger partial charge in [-0.3, -0.25) is 0 Å². The van der Waals surface area contributed by atoms with Gasteiger partial charge in [0, 0.05) is 19.6 Å². The van der Waals surface area contributed by atoms with E-state index in [0.717, 1.165) is 30.8 Å². The van der Waals surface area contributed by atoms with Crippen molar-refractivity contribution in [3.05, 3.63) is 0 Å². The van der Waals surface area contributed by atoms with E-state index in [1.165, 1.54) is 0 Å². The maximum Gasteiger partial charge on any atom is 0.279 e. The smallest absolute Gasteiger partial charge is 0.279 e. The Hall–Kier alpha value is 0.180. The van der Waals surface area contributed by atoms with Crippen LogP contribution < -0.4 is 10.5 Å². The van der Waals surface area contributed by atoms with Gasteiger partial charge in [0.25, 0.3) is 10.2 Å². The van der Waals surface area contributed by atoms with E-state index in [1.807, 2.05) is 11.8 Å². The van der Waals surface area contributed by atoms with Gasteiger partial charge in [0.05, 0.1) is 0 Å². The predicted octanol–water partition coefficient (Wildman–Crippen LogP) is 0.635. The lowest BCUT2D eigenvalue weighted by Crippen LogP contribution is -2.47. The van der Waals surface area contributed by atoms with Crippen molar-refractivity contribution in [1.82, 2.24) is 9.03 Å². The zero-order chi connectivity index (χ0) is 13.4. The third-order valence-corrected chi connectivity index (χ3v) is 5.68. The summed E-state index contributed by atoms with van der Waals surface area (Å²) in [5, 5.41) is 0. The molecule has 0 saturated carbocycles. The van der Waals surface area contributed by atoms with Gasteiger partial charge in [-0.2, -0.15) is 24.5 Å². The number of hydrogen-bond acceptors (Lipinski definition) is 4. The van der Waals surface area contributed by atoms with Gasteiger partial charge in [-0.15, -0.1) is 0 Å². The van der Waals surface area contributed by atoms with Crippen molar-refractivity contribution in [2.75, 3.05) is 37.7 Å². The number of nitrogens with zero attached hydrogens (tertiary/aromatic N) is 1. The van der Waals surface area contributed by atoms with Gasteiger partial charge in [0.2, 0.25) is 0 Å². The lowest BCUT2D eigenvalue weighted by Gasteiger charge is -2.31. The number of nitrogens with one attached hydrogen (secondary N) is 1. The zero-order valence-electron chi connectivity index (χ0n) is 11.1. The highest BCUT2D eigenvalue weighted by molar-refractivity contribution is 7.99. The first-order chi connectivity index (χ1) is 8.60. The summed E-state index contributed by atoms with van der Waals surface area (Å²) < 4.78 is 28.3. The number of nitrogens with two attached hydrogens (primary N) is 1. The van der Waals surface area contributed by atoms with Crippen molar-refractivity contribution in [1.29, 1.82) is 0 Å². The first-order valence-electron chi connectivity index (χ1n) is 6.62. The Bertz CT molecular complexity index is 322. The molecule has 18 heavy (non-hydrogen) atoms. The molecule has 1 atom stereocenters. The lowest BCUT2D eigenvalue weighted by atomic mass is 10.0. The van der Waals surface area contributed by atoms with E-state index in [9.17, 15) is 8.42 Å². The van der Waals surface area contributed by atoms with Crippen LogP contribution in [-0.2, 0) is 10.2 Å². The molecule has 1 saturated heterocycles. The van der Waals surface area contributed by atoms with Gasteiger partial charge in [0.1, 0.15) is 0 Å². The molecule has 7 heteroatoms. The molecule has 1 heterocycles. The Labute approximate surface area is 115 Å². The van der Waals surface area contributed by atoms with Crippen molar-refractivity contribution >= 4 is 22.0 Å². The summed E-state index contributed by atoms with van der Waals surface area (Å²) in [4.78, 5) is 0. The summed E-state index contributed by atoms with van der Waals surface area (Å²) in [6.45, 7) is 4.39. The molecule has 0 aromatic heterocycles. The normalized spacial score (nSPS) is 22.2. The third-order valence-electron chi connectivity index (χ3n) is 3.11. The molecule has 3 N–H and O–H groups in total. The zero-order valence-corrected chi connectivity index (χ0v) is 12.7. The molecule has 1 aliphatic rings. The SMILES string of the molecule is CCSCCCNS(=O)(=O)N1CCCC(CN)C1. The van der Waals surface area contributed by atoms with Crippen LogP contribution in [0.4, 0.5) is 0 Å². The van der Waals surface area contributed by atoms with Gasteiger partial charge in [0.15, 0.2) is 0 Å². The van der Waals surface area contributed by atoms with Crippen LogP contribution in [0.15, 0.2) is 0 Å². The van der Waals surface area contributed by atoms with Crippen LogP contribution >= 0.6 is 11.8 Å². The summed E-state index contributed by atoms with van der Waals surface area (Å²) >= 11 is 1.83. The predicted molar refractivity (Wildman–Crippen MR) is 77.9 cm³/mol. The monoisotopic (exact) mass is 295 g/mol. The molecule has 1 unspecified atom stereocenters. The second-order valence-corrected chi connectivity index (χ2v) is 7.70. The molecule has 0 spiro atoms. The van der Waals surface area contributed by atoms with Crippen molar-refractivity contribution in [3.8, 4) is 0 Å². The van der Waals surface area contributed by atoms with E-state index in [4.69, 9.17) is 5.73 Å². The Kier molecular flexibility index (Phi) is 7.55. The molecule has 0 aromatic rings. The maximum absolute atomic E-state index is 12.0.